The van der Waals surface area contributed by atoms with Gasteiger partial charge in [0.15, 0.2) is 5.82 Å². The number of pyridine rings is 1. The summed E-state index contributed by atoms with van der Waals surface area (Å²) in [6, 6.07) is 5.74. The normalized spacial score (nSPS) is 10.5. The van der Waals surface area contributed by atoms with Crippen LogP contribution in [0.5, 0.6) is 0 Å². The van der Waals surface area contributed by atoms with E-state index in [0.717, 1.165) is 28.0 Å². The second kappa shape index (κ2) is 5.33. The van der Waals surface area contributed by atoms with E-state index in [-0.39, 0.29) is 0 Å². The lowest BCUT2D eigenvalue weighted by molar-refractivity contribution is 0.902. The van der Waals surface area contributed by atoms with Crippen molar-refractivity contribution in [1.82, 2.24) is 15.0 Å². The number of aryl methyl sites for hydroxylation is 1. The Kier molecular flexibility index (Phi) is 3.81. The Bertz CT molecular complexity index is 528. The molecule has 2 N–H and O–H groups in total. The Morgan fingerprint density at radius 1 is 1.35 bits per heavy atom. The van der Waals surface area contributed by atoms with Gasteiger partial charge in [0.2, 0.25) is 0 Å². The molecule has 0 fully saturated rings. The molecule has 0 radical (unpaired) electrons. The first-order chi connectivity index (χ1) is 8.20. The molecule has 4 nitrogen and oxygen atoms in total. The minimum absolute atomic E-state index is 0.583. The summed E-state index contributed by atoms with van der Waals surface area (Å²) in [6.07, 6.45) is 2.48. The summed E-state index contributed by atoms with van der Waals surface area (Å²) in [5.41, 5.74) is 8.18. The summed E-state index contributed by atoms with van der Waals surface area (Å²) in [5.74, 6) is 0.640. The van der Waals surface area contributed by atoms with Crippen LogP contribution in [0, 0.1) is 6.92 Å². The molecule has 0 amide bonds. The number of rotatable bonds is 3. The third-order valence-electron chi connectivity index (χ3n) is 2.28. The molecule has 88 valence electrons. The van der Waals surface area contributed by atoms with E-state index < -0.39 is 0 Å². The van der Waals surface area contributed by atoms with Gasteiger partial charge in [0.05, 0.1) is 0 Å². The van der Waals surface area contributed by atoms with E-state index in [1.54, 1.807) is 6.20 Å². The second-order valence-corrected chi connectivity index (χ2v) is 4.55. The molecule has 0 aliphatic carbocycles. The van der Waals surface area contributed by atoms with E-state index in [1.165, 1.54) is 0 Å². The Balaban J connectivity index is 2.48. The molecular formula is C12H13BrN4. The molecule has 2 rings (SSSR count). The highest BCUT2D eigenvalue weighted by Crippen LogP contribution is 2.22. The molecule has 2 heterocycles. The van der Waals surface area contributed by atoms with E-state index >= 15 is 0 Å². The van der Waals surface area contributed by atoms with Crippen LogP contribution in [-0.2, 0) is 6.42 Å². The molecule has 0 spiro atoms. The first kappa shape index (κ1) is 12.1. The highest BCUT2D eigenvalue weighted by Gasteiger charge is 2.09. The van der Waals surface area contributed by atoms with Crippen LogP contribution >= 0.6 is 15.9 Å². The average molecular weight is 293 g/mol. The number of aromatic nitrogens is 3. The summed E-state index contributed by atoms with van der Waals surface area (Å²) < 4.78 is 0.893. The molecule has 17 heavy (non-hydrogen) atoms. The summed E-state index contributed by atoms with van der Waals surface area (Å²) in [5, 5.41) is 0. The average Bonchev–Trinajstić information content (AvgIpc) is 2.29. The molecule has 5 heteroatoms. The first-order valence-electron chi connectivity index (χ1n) is 5.36. The van der Waals surface area contributed by atoms with E-state index in [4.69, 9.17) is 5.73 Å². The van der Waals surface area contributed by atoms with Gasteiger partial charge in [0, 0.05) is 28.5 Å². The number of nitrogens with two attached hydrogens (primary N) is 1. The highest BCUT2D eigenvalue weighted by molar-refractivity contribution is 9.10. The topological polar surface area (TPSA) is 64.7 Å². The smallest absolute Gasteiger partial charge is 0.179 e. The number of nitrogens with zero attached hydrogens (tertiary/aromatic N) is 3. The number of hydrogen-bond acceptors (Lipinski definition) is 4. The van der Waals surface area contributed by atoms with Crippen LogP contribution in [0.1, 0.15) is 11.4 Å². The second-order valence-electron chi connectivity index (χ2n) is 3.70. The van der Waals surface area contributed by atoms with Crippen LogP contribution in [0.25, 0.3) is 11.5 Å². The zero-order valence-electron chi connectivity index (χ0n) is 9.52. The molecule has 0 unspecified atom stereocenters. The zero-order chi connectivity index (χ0) is 12.3. The van der Waals surface area contributed by atoms with Gasteiger partial charge in [0.1, 0.15) is 5.69 Å². The Labute approximate surface area is 108 Å². The fraction of sp³-hybridized carbons (Fsp3) is 0.250. The Morgan fingerprint density at radius 3 is 2.88 bits per heavy atom. The van der Waals surface area contributed by atoms with Gasteiger partial charge in [0.25, 0.3) is 0 Å². The van der Waals surface area contributed by atoms with Crippen molar-refractivity contribution in [2.24, 2.45) is 5.73 Å². The predicted molar refractivity (Wildman–Crippen MR) is 70.5 cm³/mol. The third-order valence-corrected chi connectivity index (χ3v) is 2.92. The van der Waals surface area contributed by atoms with E-state index in [2.05, 4.69) is 30.9 Å². The van der Waals surface area contributed by atoms with Crippen LogP contribution < -0.4 is 5.73 Å². The minimum Gasteiger partial charge on any atom is -0.330 e. The molecule has 0 aliphatic rings. The van der Waals surface area contributed by atoms with Gasteiger partial charge < -0.3 is 5.73 Å². The van der Waals surface area contributed by atoms with Crippen LogP contribution in [0.2, 0.25) is 0 Å². The van der Waals surface area contributed by atoms with Gasteiger partial charge in [-0.05, 0) is 47.6 Å². The lowest BCUT2D eigenvalue weighted by atomic mass is 10.2. The Hall–Kier alpha value is -1.33. The van der Waals surface area contributed by atoms with Gasteiger partial charge in [-0.1, -0.05) is 0 Å². The molecule has 0 atom stereocenters. The maximum Gasteiger partial charge on any atom is 0.179 e. The van der Waals surface area contributed by atoms with Gasteiger partial charge in [-0.25, -0.2) is 9.97 Å². The summed E-state index contributed by atoms with van der Waals surface area (Å²) in [7, 11) is 0. The van der Waals surface area contributed by atoms with Crippen LogP contribution in [0.15, 0.2) is 28.9 Å². The number of halogens is 1. The van der Waals surface area contributed by atoms with Crippen molar-refractivity contribution in [2.45, 2.75) is 13.3 Å². The van der Waals surface area contributed by atoms with Gasteiger partial charge >= 0.3 is 0 Å². The fourth-order valence-electron chi connectivity index (χ4n) is 1.57. The van der Waals surface area contributed by atoms with Crippen molar-refractivity contribution < 1.29 is 0 Å². The molecule has 2 aromatic heterocycles. The maximum absolute atomic E-state index is 5.54. The monoisotopic (exact) mass is 292 g/mol. The number of hydrogen-bond donors (Lipinski definition) is 1. The van der Waals surface area contributed by atoms with Crippen LogP contribution in [-0.4, -0.2) is 21.5 Å². The quantitative estimate of drug-likeness (QED) is 0.941. The lowest BCUT2D eigenvalue weighted by Crippen LogP contribution is -2.06. The first-order valence-corrected chi connectivity index (χ1v) is 6.15. The Morgan fingerprint density at radius 2 is 2.18 bits per heavy atom. The predicted octanol–water partition coefficient (Wildman–Crippen LogP) is 2.11. The van der Waals surface area contributed by atoms with Gasteiger partial charge in [-0.15, -0.1) is 0 Å². The van der Waals surface area contributed by atoms with E-state index in [1.807, 2.05) is 25.1 Å². The molecule has 0 aliphatic heterocycles. The maximum atomic E-state index is 5.54. The molecule has 0 saturated carbocycles. The largest absolute Gasteiger partial charge is 0.330 e. The van der Waals surface area contributed by atoms with Gasteiger partial charge in [-0.3, -0.25) is 4.98 Å². The van der Waals surface area contributed by atoms with Crippen LogP contribution in [0.4, 0.5) is 0 Å². The van der Waals surface area contributed by atoms with Crippen molar-refractivity contribution in [3.8, 4) is 11.5 Å². The SMILES string of the molecule is Cc1cc(CCN)nc(-c2ncccc2Br)n1. The van der Waals surface area contributed by atoms with Crippen molar-refractivity contribution in [2.75, 3.05) is 6.54 Å². The van der Waals surface area contributed by atoms with Crippen LogP contribution in [0.3, 0.4) is 0 Å². The fourth-order valence-corrected chi connectivity index (χ4v) is 2.00. The van der Waals surface area contributed by atoms with E-state index in [0.29, 0.717) is 12.4 Å². The lowest BCUT2D eigenvalue weighted by Gasteiger charge is -2.05. The molecule has 0 aromatic carbocycles. The van der Waals surface area contributed by atoms with Crippen molar-refractivity contribution in [3.05, 3.63) is 40.3 Å². The summed E-state index contributed by atoms with van der Waals surface area (Å²) >= 11 is 3.45. The third kappa shape index (κ3) is 2.87. The molecule has 0 bridgehead atoms. The minimum atomic E-state index is 0.583. The van der Waals surface area contributed by atoms with Crippen molar-refractivity contribution >= 4 is 15.9 Å². The van der Waals surface area contributed by atoms with Crippen molar-refractivity contribution in [3.63, 3.8) is 0 Å². The standard InChI is InChI=1S/C12H13BrN4/c1-8-7-9(4-5-14)17-12(16-8)11-10(13)3-2-6-15-11/h2-3,6-7H,4-5,14H2,1H3. The highest BCUT2D eigenvalue weighted by atomic mass is 79.9. The van der Waals surface area contributed by atoms with Gasteiger partial charge in [-0.2, -0.15) is 0 Å². The van der Waals surface area contributed by atoms with Crippen molar-refractivity contribution in [1.29, 1.82) is 0 Å². The zero-order valence-corrected chi connectivity index (χ0v) is 11.1. The molecule has 2 aromatic rings. The van der Waals surface area contributed by atoms with E-state index in [9.17, 15) is 0 Å². The molecular weight excluding hydrogens is 280 g/mol. The summed E-state index contributed by atoms with van der Waals surface area (Å²) in [6.45, 7) is 2.53. The summed E-state index contributed by atoms with van der Waals surface area (Å²) in [4.78, 5) is 13.2. The molecule has 0 saturated heterocycles.